The van der Waals surface area contributed by atoms with Crippen molar-refractivity contribution in [1.82, 2.24) is 0 Å². The highest BCUT2D eigenvalue weighted by Crippen LogP contribution is 2.37. The second-order valence-corrected chi connectivity index (χ2v) is 4.85. The Labute approximate surface area is 101 Å². The maximum Gasteiger partial charge on any atom is 0.190 e. The second kappa shape index (κ2) is 4.82. The van der Waals surface area contributed by atoms with Crippen LogP contribution in [-0.2, 0) is 23.7 Å². The predicted octanol–water partition coefficient (Wildman–Crippen LogP) is 1.40. The van der Waals surface area contributed by atoms with Crippen molar-refractivity contribution in [2.45, 2.75) is 70.3 Å². The first-order valence-corrected chi connectivity index (χ1v) is 6.51. The van der Waals surface area contributed by atoms with Crippen molar-refractivity contribution in [2.75, 3.05) is 6.61 Å². The van der Waals surface area contributed by atoms with E-state index in [4.69, 9.17) is 23.7 Å². The van der Waals surface area contributed by atoms with E-state index in [0.29, 0.717) is 6.61 Å². The molecule has 0 N–H and O–H groups in total. The van der Waals surface area contributed by atoms with Gasteiger partial charge in [-0.15, -0.1) is 0 Å². The van der Waals surface area contributed by atoms with E-state index in [0.717, 1.165) is 19.3 Å². The standard InChI is InChI=1S/C12H20O5/c1-3-4-5-9-16-11-10-8(15-12(11)17-9)6-13-7(2)14-10/h7-12H,3-6H2,1-2H3. The highest BCUT2D eigenvalue weighted by atomic mass is 16.8. The third-order valence-electron chi connectivity index (χ3n) is 3.50. The lowest BCUT2D eigenvalue weighted by atomic mass is 10.1. The Bertz CT molecular complexity index is 272. The van der Waals surface area contributed by atoms with Crippen LogP contribution < -0.4 is 0 Å². The molecule has 3 saturated heterocycles. The van der Waals surface area contributed by atoms with E-state index in [1.54, 1.807) is 0 Å². The van der Waals surface area contributed by atoms with Gasteiger partial charge in [0.15, 0.2) is 18.9 Å². The molecule has 0 amide bonds. The van der Waals surface area contributed by atoms with Gasteiger partial charge in [0.05, 0.1) is 6.61 Å². The zero-order valence-electron chi connectivity index (χ0n) is 10.3. The summed E-state index contributed by atoms with van der Waals surface area (Å²) in [5, 5.41) is 0. The number of hydrogen-bond acceptors (Lipinski definition) is 5. The summed E-state index contributed by atoms with van der Waals surface area (Å²) >= 11 is 0. The van der Waals surface area contributed by atoms with Crippen LogP contribution in [0.15, 0.2) is 0 Å². The average molecular weight is 244 g/mol. The lowest BCUT2D eigenvalue weighted by Gasteiger charge is -2.31. The quantitative estimate of drug-likeness (QED) is 0.751. The molecule has 98 valence electrons. The van der Waals surface area contributed by atoms with Crippen molar-refractivity contribution >= 4 is 0 Å². The fourth-order valence-corrected chi connectivity index (χ4v) is 2.60. The Balaban J connectivity index is 1.59. The average Bonchev–Trinajstić information content (AvgIpc) is 2.84. The van der Waals surface area contributed by atoms with Gasteiger partial charge in [0, 0.05) is 0 Å². The number of unbranched alkanes of at least 4 members (excludes halogenated alkanes) is 1. The molecular weight excluding hydrogens is 224 g/mol. The monoisotopic (exact) mass is 244 g/mol. The lowest BCUT2D eigenvalue weighted by molar-refractivity contribution is -0.263. The normalized spacial score (nSPS) is 49.1. The van der Waals surface area contributed by atoms with Gasteiger partial charge in [-0.2, -0.15) is 0 Å². The topological polar surface area (TPSA) is 46.2 Å². The Kier molecular flexibility index (Phi) is 3.36. The Morgan fingerprint density at radius 3 is 2.76 bits per heavy atom. The highest BCUT2D eigenvalue weighted by molar-refractivity contribution is 4.93. The van der Waals surface area contributed by atoms with E-state index < -0.39 is 0 Å². The molecule has 3 aliphatic heterocycles. The Morgan fingerprint density at radius 2 is 1.94 bits per heavy atom. The molecule has 3 rings (SSSR count). The molecular formula is C12H20O5. The maximum atomic E-state index is 5.88. The van der Waals surface area contributed by atoms with Crippen LogP contribution in [0, 0.1) is 0 Å². The minimum Gasteiger partial charge on any atom is -0.350 e. The molecule has 5 nitrogen and oxygen atoms in total. The first-order chi connectivity index (χ1) is 8.28. The van der Waals surface area contributed by atoms with Crippen LogP contribution in [0.25, 0.3) is 0 Å². The zero-order chi connectivity index (χ0) is 11.8. The number of hydrogen-bond donors (Lipinski definition) is 0. The summed E-state index contributed by atoms with van der Waals surface area (Å²) in [4.78, 5) is 0. The summed E-state index contributed by atoms with van der Waals surface area (Å²) in [6.45, 7) is 4.62. The zero-order valence-corrected chi connectivity index (χ0v) is 10.3. The molecule has 0 radical (unpaired) electrons. The summed E-state index contributed by atoms with van der Waals surface area (Å²) in [6, 6.07) is 0. The molecule has 0 aromatic rings. The summed E-state index contributed by atoms with van der Waals surface area (Å²) in [7, 11) is 0. The molecule has 0 aromatic carbocycles. The molecule has 0 bridgehead atoms. The van der Waals surface area contributed by atoms with Gasteiger partial charge < -0.3 is 23.7 Å². The SMILES string of the molecule is CCCCC1OC2OC3COC(C)OC3C2O1. The van der Waals surface area contributed by atoms with Crippen LogP contribution in [0.5, 0.6) is 0 Å². The summed E-state index contributed by atoms with van der Waals surface area (Å²) in [6.07, 6.45) is 2.41. The largest absolute Gasteiger partial charge is 0.350 e. The maximum absolute atomic E-state index is 5.88. The number of fused-ring (bicyclic) bond motifs is 3. The third kappa shape index (κ3) is 2.22. The molecule has 3 fully saturated rings. The summed E-state index contributed by atoms with van der Waals surface area (Å²) in [5.41, 5.74) is 0. The molecule has 6 unspecified atom stereocenters. The van der Waals surface area contributed by atoms with E-state index >= 15 is 0 Å². The van der Waals surface area contributed by atoms with Crippen LogP contribution in [-0.4, -0.2) is 43.8 Å². The van der Waals surface area contributed by atoms with Crippen molar-refractivity contribution in [1.29, 1.82) is 0 Å². The first-order valence-electron chi connectivity index (χ1n) is 6.51. The van der Waals surface area contributed by atoms with Gasteiger partial charge >= 0.3 is 0 Å². The van der Waals surface area contributed by atoms with Gasteiger partial charge in [0.25, 0.3) is 0 Å². The molecule has 0 aliphatic carbocycles. The molecule has 5 heteroatoms. The van der Waals surface area contributed by atoms with Crippen molar-refractivity contribution in [2.24, 2.45) is 0 Å². The van der Waals surface area contributed by atoms with Gasteiger partial charge in [-0.25, -0.2) is 0 Å². The number of ether oxygens (including phenoxy) is 5. The van der Waals surface area contributed by atoms with E-state index in [9.17, 15) is 0 Å². The van der Waals surface area contributed by atoms with Gasteiger partial charge in [0.1, 0.15) is 18.3 Å². The molecule has 17 heavy (non-hydrogen) atoms. The third-order valence-corrected chi connectivity index (χ3v) is 3.50. The van der Waals surface area contributed by atoms with Gasteiger partial charge in [-0.3, -0.25) is 0 Å². The van der Waals surface area contributed by atoms with E-state index in [2.05, 4.69) is 6.92 Å². The van der Waals surface area contributed by atoms with Gasteiger partial charge in [-0.1, -0.05) is 13.3 Å². The fraction of sp³-hybridized carbons (Fsp3) is 1.00. The molecule has 3 heterocycles. The van der Waals surface area contributed by atoms with Gasteiger partial charge in [-0.05, 0) is 19.8 Å². The van der Waals surface area contributed by atoms with Crippen molar-refractivity contribution in [3.63, 3.8) is 0 Å². The van der Waals surface area contributed by atoms with Crippen molar-refractivity contribution < 1.29 is 23.7 Å². The van der Waals surface area contributed by atoms with Crippen LogP contribution in [0.2, 0.25) is 0 Å². The fourth-order valence-electron chi connectivity index (χ4n) is 2.60. The van der Waals surface area contributed by atoms with Crippen molar-refractivity contribution in [3.05, 3.63) is 0 Å². The summed E-state index contributed by atoms with van der Waals surface area (Å²) in [5.74, 6) is 0. The van der Waals surface area contributed by atoms with Crippen LogP contribution in [0.4, 0.5) is 0 Å². The van der Waals surface area contributed by atoms with Crippen molar-refractivity contribution in [3.8, 4) is 0 Å². The number of rotatable bonds is 3. The van der Waals surface area contributed by atoms with Gasteiger partial charge in [0.2, 0.25) is 0 Å². The highest BCUT2D eigenvalue weighted by Gasteiger charge is 2.54. The minimum atomic E-state index is -0.277. The first kappa shape index (κ1) is 11.9. The molecule has 3 aliphatic rings. The Morgan fingerprint density at radius 1 is 1.06 bits per heavy atom. The molecule has 0 aromatic heterocycles. The van der Waals surface area contributed by atoms with Crippen LogP contribution >= 0.6 is 0 Å². The molecule has 0 saturated carbocycles. The van der Waals surface area contributed by atoms with E-state index in [-0.39, 0.29) is 37.2 Å². The minimum absolute atomic E-state index is 0.0459. The molecule has 6 atom stereocenters. The predicted molar refractivity (Wildman–Crippen MR) is 58.2 cm³/mol. The lowest BCUT2D eigenvalue weighted by Crippen LogP contribution is -2.45. The van der Waals surface area contributed by atoms with E-state index in [1.165, 1.54) is 0 Å². The summed E-state index contributed by atoms with van der Waals surface area (Å²) < 4.78 is 28.5. The smallest absolute Gasteiger partial charge is 0.190 e. The molecule has 0 spiro atoms. The van der Waals surface area contributed by atoms with Crippen LogP contribution in [0.1, 0.15) is 33.1 Å². The van der Waals surface area contributed by atoms with E-state index in [1.807, 2.05) is 6.92 Å². The second-order valence-electron chi connectivity index (χ2n) is 4.85. The van der Waals surface area contributed by atoms with Crippen LogP contribution in [0.3, 0.4) is 0 Å². The Hall–Kier alpha value is -0.200.